The number of phenolic OH excluding ortho intramolecular Hbond substituents is 1. The first-order valence-corrected chi connectivity index (χ1v) is 6.66. The number of H-pyrrole nitrogens is 1. The Morgan fingerprint density at radius 2 is 2.30 bits per heavy atom. The summed E-state index contributed by atoms with van der Waals surface area (Å²) >= 11 is 5.08. The van der Waals surface area contributed by atoms with Gasteiger partial charge < -0.3 is 15.0 Å². The Labute approximate surface area is 121 Å². The van der Waals surface area contributed by atoms with Crippen molar-refractivity contribution in [2.45, 2.75) is 26.9 Å². The highest BCUT2D eigenvalue weighted by Gasteiger charge is 2.12. The molecule has 0 saturated heterocycles. The van der Waals surface area contributed by atoms with E-state index in [1.54, 1.807) is 25.1 Å². The molecular weight excluding hydrogens is 276 g/mol. The minimum Gasteiger partial charge on any atom is -0.508 e. The van der Waals surface area contributed by atoms with Gasteiger partial charge in [0.15, 0.2) is 10.6 Å². The van der Waals surface area contributed by atoms with Gasteiger partial charge in [-0.3, -0.25) is 9.89 Å². The number of amides is 1. The molecule has 0 spiro atoms. The maximum atomic E-state index is 12.1. The van der Waals surface area contributed by atoms with Crippen molar-refractivity contribution in [3.05, 3.63) is 39.9 Å². The number of aromatic hydroxyl groups is 1. The van der Waals surface area contributed by atoms with E-state index in [1.165, 1.54) is 0 Å². The smallest absolute Gasteiger partial charge is 0.252 e. The van der Waals surface area contributed by atoms with Crippen LogP contribution < -0.4 is 5.32 Å². The molecule has 0 fully saturated rings. The average molecular weight is 292 g/mol. The Kier molecular flexibility index (Phi) is 4.19. The van der Waals surface area contributed by atoms with Crippen LogP contribution in [0.1, 0.15) is 28.7 Å². The van der Waals surface area contributed by atoms with E-state index >= 15 is 0 Å². The van der Waals surface area contributed by atoms with Gasteiger partial charge in [-0.25, -0.2) is 0 Å². The molecule has 7 heteroatoms. The van der Waals surface area contributed by atoms with Crippen LogP contribution in [0.5, 0.6) is 5.75 Å². The molecule has 6 nitrogen and oxygen atoms in total. The lowest BCUT2D eigenvalue weighted by molar-refractivity contribution is 0.0948. The van der Waals surface area contributed by atoms with Crippen molar-refractivity contribution < 1.29 is 9.90 Å². The van der Waals surface area contributed by atoms with Crippen LogP contribution in [-0.2, 0) is 13.1 Å². The van der Waals surface area contributed by atoms with E-state index in [1.807, 2.05) is 11.5 Å². The molecule has 2 rings (SSSR count). The maximum Gasteiger partial charge on any atom is 0.252 e. The van der Waals surface area contributed by atoms with Crippen molar-refractivity contribution in [2.75, 3.05) is 0 Å². The number of phenols is 1. The molecule has 0 saturated carbocycles. The number of nitrogens with one attached hydrogen (secondary N) is 2. The molecule has 0 radical (unpaired) electrons. The lowest BCUT2D eigenvalue weighted by atomic mass is 10.1. The van der Waals surface area contributed by atoms with Gasteiger partial charge in [-0.15, -0.1) is 0 Å². The maximum absolute atomic E-state index is 12.1. The van der Waals surface area contributed by atoms with E-state index < -0.39 is 0 Å². The Morgan fingerprint density at radius 1 is 1.55 bits per heavy atom. The van der Waals surface area contributed by atoms with E-state index in [2.05, 4.69) is 15.5 Å². The Bertz CT molecular complexity index is 690. The SMILES string of the molecule is CCn1c(CNC(=O)c2cccc(O)c2C)n[nH]c1=S. The summed E-state index contributed by atoms with van der Waals surface area (Å²) in [5, 5.41) is 19.1. The largest absolute Gasteiger partial charge is 0.508 e. The fourth-order valence-electron chi connectivity index (χ4n) is 1.94. The van der Waals surface area contributed by atoms with Gasteiger partial charge in [-0.1, -0.05) is 6.07 Å². The topological polar surface area (TPSA) is 82.9 Å². The molecule has 1 aromatic heterocycles. The fraction of sp³-hybridized carbons (Fsp3) is 0.308. The molecule has 0 aliphatic rings. The first-order chi connectivity index (χ1) is 9.54. The molecule has 106 valence electrons. The quantitative estimate of drug-likeness (QED) is 0.752. The summed E-state index contributed by atoms with van der Waals surface area (Å²) in [6.07, 6.45) is 0. The predicted octanol–water partition coefficient (Wildman–Crippen LogP) is 1.90. The molecular formula is C13H16N4O2S. The van der Waals surface area contributed by atoms with Crippen LogP contribution in [0.3, 0.4) is 0 Å². The van der Waals surface area contributed by atoms with Crippen LogP contribution in [0.4, 0.5) is 0 Å². The van der Waals surface area contributed by atoms with E-state index in [0.717, 1.165) is 0 Å². The fourth-order valence-corrected chi connectivity index (χ4v) is 2.22. The van der Waals surface area contributed by atoms with Crippen molar-refractivity contribution in [1.29, 1.82) is 0 Å². The number of benzene rings is 1. The first kappa shape index (κ1) is 14.3. The zero-order valence-corrected chi connectivity index (χ0v) is 12.1. The number of hydrogen-bond donors (Lipinski definition) is 3. The van der Waals surface area contributed by atoms with Crippen LogP contribution in [0.15, 0.2) is 18.2 Å². The van der Waals surface area contributed by atoms with Gasteiger partial charge in [0.2, 0.25) is 0 Å². The summed E-state index contributed by atoms with van der Waals surface area (Å²) in [5.41, 5.74) is 1.00. The second-order valence-electron chi connectivity index (χ2n) is 4.32. The highest BCUT2D eigenvalue weighted by Crippen LogP contribution is 2.19. The van der Waals surface area contributed by atoms with Crippen LogP contribution in [-0.4, -0.2) is 25.8 Å². The number of rotatable bonds is 4. The molecule has 20 heavy (non-hydrogen) atoms. The lowest BCUT2D eigenvalue weighted by Gasteiger charge is -2.09. The second kappa shape index (κ2) is 5.87. The summed E-state index contributed by atoms with van der Waals surface area (Å²) in [6, 6.07) is 4.86. The van der Waals surface area contributed by atoms with Gasteiger partial charge >= 0.3 is 0 Å². The zero-order chi connectivity index (χ0) is 14.7. The molecule has 1 amide bonds. The monoisotopic (exact) mass is 292 g/mol. The zero-order valence-electron chi connectivity index (χ0n) is 11.3. The van der Waals surface area contributed by atoms with Gasteiger partial charge in [-0.2, -0.15) is 5.10 Å². The number of carbonyl (C=O) groups excluding carboxylic acids is 1. The molecule has 2 aromatic rings. The number of aromatic nitrogens is 3. The summed E-state index contributed by atoms with van der Waals surface area (Å²) < 4.78 is 2.34. The first-order valence-electron chi connectivity index (χ1n) is 6.25. The molecule has 0 unspecified atom stereocenters. The number of hydrogen-bond acceptors (Lipinski definition) is 4. The molecule has 3 N–H and O–H groups in total. The number of aromatic amines is 1. The van der Waals surface area contributed by atoms with E-state index in [9.17, 15) is 9.90 Å². The van der Waals surface area contributed by atoms with Crippen molar-refractivity contribution in [3.63, 3.8) is 0 Å². The van der Waals surface area contributed by atoms with Crippen LogP contribution >= 0.6 is 12.2 Å². The number of carbonyl (C=O) groups is 1. The minimum atomic E-state index is -0.255. The molecule has 0 aliphatic heterocycles. The molecule has 1 aromatic carbocycles. The lowest BCUT2D eigenvalue weighted by Crippen LogP contribution is -2.25. The van der Waals surface area contributed by atoms with E-state index in [0.29, 0.717) is 28.3 Å². The molecule has 0 atom stereocenters. The third-order valence-corrected chi connectivity index (χ3v) is 3.42. The third-order valence-electron chi connectivity index (χ3n) is 3.11. The summed E-state index contributed by atoms with van der Waals surface area (Å²) in [4.78, 5) is 12.1. The summed E-state index contributed by atoms with van der Waals surface area (Å²) in [7, 11) is 0. The Hall–Kier alpha value is -2.15. The minimum absolute atomic E-state index is 0.105. The van der Waals surface area contributed by atoms with Crippen molar-refractivity contribution in [3.8, 4) is 5.75 Å². The normalized spacial score (nSPS) is 10.5. The summed E-state index contributed by atoms with van der Waals surface area (Å²) in [6.45, 7) is 4.61. The van der Waals surface area contributed by atoms with Gasteiger partial charge in [-0.05, 0) is 38.2 Å². The molecule has 1 heterocycles. The van der Waals surface area contributed by atoms with Gasteiger partial charge in [0.1, 0.15) is 5.75 Å². The Morgan fingerprint density at radius 3 is 3.00 bits per heavy atom. The standard InChI is InChI=1S/C13H16N4O2S/c1-3-17-11(15-16-13(17)20)7-14-12(19)9-5-4-6-10(18)8(9)2/h4-6,18H,3,7H2,1-2H3,(H,14,19)(H,16,20). The van der Waals surface area contributed by atoms with Crippen LogP contribution in [0, 0.1) is 11.7 Å². The third kappa shape index (κ3) is 2.72. The molecule has 0 bridgehead atoms. The van der Waals surface area contributed by atoms with E-state index in [-0.39, 0.29) is 18.2 Å². The van der Waals surface area contributed by atoms with Gasteiger partial charge in [0.05, 0.1) is 6.54 Å². The highest BCUT2D eigenvalue weighted by molar-refractivity contribution is 7.71. The van der Waals surface area contributed by atoms with Crippen molar-refractivity contribution in [1.82, 2.24) is 20.1 Å². The van der Waals surface area contributed by atoms with E-state index in [4.69, 9.17) is 12.2 Å². The second-order valence-corrected chi connectivity index (χ2v) is 4.71. The van der Waals surface area contributed by atoms with Crippen LogP contribution in [0.2, 0.25) is 0 Å². The number of nitrogens with zero attached hydrogens (tertiary/aromatic N) is 2. The molecule has 0 aliphatic carbocycles. The Balaban J connectivity index is 2.13. The van der Waals surface area contributed by atoms with Gasteiger partial charge in [0.25, 0.3) is 5.91 Å². The average Bonchev–Trinajstić information content (AvgIpc) is 2.79. The van der Waals surface area contributed by atoms with Gasteiger partial charge in [0, 0.05) is 17.7 Å². The van der Waals surface area contributed by atoms with Crippen molar-refractivity contribution in [2.24, 2.45) is 0 Å². The highest BCUT2D eigenvalue weighted by atomic mass is 32.1. The van der Waals surface area contributed by atoms with Crippen molar-refractivity contribution >= 4 is 18.1 Å². The van der Waals surface area contributed by atoms with Crippen LogP contribution in [0.25, 0.3) is 0 Å². The summed E-state index contributed by atoms with van der Waals surface area (Å²) in [5.74, 6) is 0.521. The predicted molar refractivity (Wildman–Crippen MR) is 77.1 cm³/mol.